The topological polar surface area (TPSA) is 71.1 Å². The van der Waals surface area contributed by atoms with Crippen LogP contribution in [0.1, 0.15) is 39.2 Å². The highest BCUT2D eigenvalue weighted by Gasteiger charge is 2.34. The van der Waals surface area contributed by atoms with Crippen molar-refractivity contribution < 1.29 is 27.9 Å². The molecule has 0 bridgehead atoms. The molecule has 1 aromatic rings. The molecule has 0 saturated carbocycles. The molecule has 0 unspecified atom stereocenters. The van der Waals surface area contributed by atoms with E-state index in [1.165, 1.54) is 7.11 Å². The maximum atomic E-state index is 13.1. The summed E-state index contributed by atoms with van der Waals surface area (Å²) in [6, 6.07) is 5.18. The molecule has 0 fully saturated rings. The van der Waals surface area contributed by atoms with E-state index in [-0.39, 0.29) is 30.7 Å². The van der Waals surface area contributed by atoms with Gasteiger partial charge < -0.3 is 18.5 Å². The largest absolute Gasteiger partial charge is 0.493 e. The smallest absolute Gasteiger partial charge is 0.364 e. The lowest BCUT2D eigenvalue weighted by atomic mass is 10.1. The van der Waals surface area contributed by atoms with Gasteiger partial charge in [0, 0.05) is 6.42 Å². The van der Waals surface area contributed by atoms with E-state index in [2.05, 4.69) is 0 Å². The van der Waals surface area contributed by atoms with Crippen LogP contribution in [0.3, 0.4) is 0 Å². The van der Waals surface area contributed by atoms with Crippen LogP contribution in [0.25, 0.3) is 6.08 Å². The third-order valence-corrected chi connectivity index (χ3v) is 5.53. The van der Waals surface area contributed by atoms with Crippen molar-refractivity contribution in [3.8, 4) is 11.5 Å². The maximum absolute atomic E-state index is 13.1. The monoisotopic (exact) mass is 370 g/mol. The Morgan fingerprint density at radius 1 is 1.04 bits per heavy atom. The van der Waals surface area contributed by atoms with E-state index in [1.807, 2.05) is 6.92 Å². The van der Waals surface area contributed by atoms with E-state index in [4.69, 9.17) is 18.5 Å². The van der Waals surface area contributed by atoms with Crippen molar-refractivity contribution in [2.24, 2.45) is 0 Å². The highest BCUT2D eigenvalue weighted by atomic mass is 31.2. The maximum Gasteiger partial charge on any atom is 0.364 e. The number of carbonyl (C=O) groups is 1. The van der Waals surface area contributed by atoms with Gasteiger partial charge in [0.25, 0.3) is 0 Å². The number of ketones is 1. The average molecular weight is 370 g/mol. The normalized spacial score (nSPS) is 12.1. The van der Waals surface area contributed by atoms with E-state index in [9.17, 15) is 9.36 Å². The predicted molar refractivity (Wildman–Crippen MR) is 98.3 cm³/mol. The highest BCUT2D eigenvalue weighted by molar-refractivity contribution is 7.60. The molecule has 6 nitrogen and oxygen atoms in total. The van der Waals surface area contributed by atoms with Gasteiger partial charge >= 0.3 is 7.60 Å². The fraction of sp³-hybridized carbons (Fsp3) is 0.500. The Kier molecular flexibility index (Phi) is 8.90. The Morgan fingerprint density at radius 3 is 2.12 bits per heavy atom. The zero-order chi connectivity index (χ0) is 18.9. The number of Topliss-reactive ketones (excluding diaryl/α,β-unsaturated/α-hetero) is 1. The van der Waals surface area contributed by atoms with Crippen LogP contribution in [-0.2, 0) is 18.4 Å². The van der Waals surface area contributed by atoms with Gasteiger partial charge in [-0.05, 0) is 44.0 Å². The number of rotatable bonds is 11. The van der Waals surface area contributed by atoms with E-state index >= 15 is 0 Å². The van der Waals surface area contributed by atoms with Gasteiger partial charge in [0.15, 0.2) is 17.3 Å². The molecule has 0 saturated heterocycles. The first-order valence-electron chi connectivity index (χ1n) is 8.32. The van der Waals surface area contributed by atoms with Crippen molar-refractivity contribution in [3.63, 3.8) is 0 Å². The zero-order valence-corrected chi connectivity index (χ0v) is 16.4. The first-order chi connectivity index (χ1) is 11.9. The minimum atomic E-state index is -3.68. The molecule has 0 radical (unpaired) electrons. The summed E-state index contributed by atoms with van der Waals surface area (Å²) < 4.78 is 34.3. The molecule has 1 rings (SSSR count). The quantitative estimate of drug-likeness (QED) is 0.416. The van der Waals surface area contributed by atoms with Gasteiger partial charge in [0.05, 0.1) is 27.4 Å². The van der Waals surface area contributed by atoms with E-state index in [1.54, 1.807) is 45.2 Å². The van der Waals surface area contributed by atoms with Crippen LogP contribution >= 0.6 is 7.60 Å². The van der Waals surface area contributed by atoms with Crippen LogP contribution in [0.4, 0.5) is 0 Å². The number of carbonyl (C=O) groups excluding carboxylic acids is 1. The molecule has 0 amide bonds. The number of allylic oxidation sites excluding steroid dienone is 1. The average Bonchev–Trinajstić information content (AvgIpc) is 2.59. The Morgan fingerprint density at radius 2 is 1.64 bits per heavy atom. The second-order valence-electron chi connectivity index (χ2n) is 5.15. The summed E-state index contributed by atoms with van der Waals surface area (Å²) in [6.45, 7) is 5.67. The summed E-state index contributed by atoms with van der Waals surface area (Å²) in [5.74, 6) is 0.836. The second kappa shape index (κ2) is 10.4. The lowest BCUT2D eigenvalue weighted by Gasteiger charge is -2.19. The molecule has 7 heteroatoms. The number of benzene rings is 1. The molecule has 0 aliphatic heterocycles. The first kappa shape index (κ1) is 21.4. The van der Waals surface area contributed by atoms with Crippen molar-refractivity contribution in [1.82, 2.24) is 0 Å². The van der Waals surface area contributed by atoms with Crippen molar-refractivity contribution in [2.45, 2.75) is 33.6 Å². The molecule has 1 aromatic carbocycles. The number of hydrogen-bond acceptors (Lipinski definition) is 6. The molecule has 25 heavy (non-hydrogen) atoms. The van der Waals surface area contributed by atoms with Gasteiger partial charge in [-0.2, -0.15) is 0 Å². The summed E-state index contributed by atoms with van der Waals surface area (Å²) in [7, 11) is -0.612. The van der Waals surface area contributed by atoms with Crippen LogP contribution in [0.15, 0.2) is 23.5 Å². The summed E-state index contributed by atoms with van der Waals surface area (Å²) in [5.41, 5.74) is 0.650. The lowest BCUT2D eigenvalue weighted by Crippen LogP contribution is -2.08. The zero-order valence-electron chi connectivity index (χ0n) is 15.5. The SMILES string of the molecule is CCCC(=O)C(=Cc1ccc(OC)c(OC)c1)P(=O)(OCC)OCC. The summed E-state index contributed by atoms with van der Waals surface area (Å²) >= 11 is 0. The van der Waals surface area contributed by atoms with Crippen LogP contribution in [0.5, 0.6) is 11.5 Å². The van der Waals surface area contributed by atoms with Crippen molar-refractivity contribution in [3.05, 3.63) is 29.1 Å². The highest BCUT2D eigenvalue weighted by Crippen LogP contribution is 2.57. The summed E-state index contributed by atoms with van der Waals surface area (Å²) in [4.78, 5) is 12.6. The van der Waals surface area contributed by atoms with Crippen LogP contribution in [0, 0.1) is 0 Å². The first-order valence-corrected chi connectivity index (χ1v) is 9.86. The Labute approximate surface area is 149 Å². The number of ether oxygens (including phenoxy) is 2. The Hall–Kier alpha value is -1.62. The number of hydrogen-bond donors (Lipinski definition) is 0. The summed E-state index contributed by atoms with van der Waals surface area (Å²) in [6.07, 6.45) is 2.45. The van der Waals surface area contributed by atoms with E-state index in [0.717, 1.165) is 0 Å². The van der Waals surface area contributed by atoms with E-state index < -0.39 is 7.60 Å². The van der Waals surface area contributed by atoms with Crippen LogP contribution < -0.4 is 9.47 Å². The number of methoxy groups -OCH3 is 2. The molecule has 0 aliphatic carbocycles. The van der Waals surface area contributed by atoms with Gasteiger partial charge in [-0.15, -0.1) is 0 Å². The molecule has 0 N–H and O–H groups in total. The molecule has 0 aromatic heterocycles. The van der Waals surface area contributed by atoms with Crippen molar-refractivity contribution >= 4 is 19.5 Å². The van der Waals surface area contributed by atoms with Gasteiger partial charge in [-0.3, -0.25) is 9.36 Å². The molecule has 0 atom stereocenters. The Bertz CT molecular complexity index is 643. The van der Waals surface area contributed by atoms with Crippen molar-refractivity contribution in [1.29, 1.82) is 0 Å². The predicted octanol–water partition coefficient (Wildman–Crippen LogP) is 4.68. The molecule has 140 valence electrons. The van der Waals surface area contributed by atoms with Crippen molar-refractivity contribution in [2.75, 3.05) is 27.4 Å². The molecule has 0 aliphatic rings. The second-order valence-corrected chi connectivity index (χ2v) is 7.14. The Balaban J connectivity index is 3.43. The lowest BCUT2D eigenvalue weighted by molar-refractivity contribution is -0.115. The third-order valence-electron chi connectivity index (χ3n) is 3.37. The molecule has 0 heterocycles. The van der Waals surface area contributed by atoms with Gasteiger partial charge in [0.2, 0.25) is 0 Å². The summed E-state index contributed by atoms with van der Waals surface area (Å²) in [5, 5.41) is 0.0604. The van der Waals surface area contributed by atoms with Gasteiger partial charge in [-0.25, -0.2) is 0 Å². The van der Waals surface area contributed by atoms with Gasteiger partial charge in [-0.1, -0.05) is 13.0 Å². The minimum Gasteiger partial charge on any atom is -0.493 e. The molecular formula is C18H27O6P. The third kappa shape index (κ3) is 5.70. The van der Waals surface area contributed by atoms with Crippen LogP contribution in [-0.4, -0.2) is 33.2 Å². The minimum absolute atomic E-state index is 0.0604. The fourth-order valence-electron chi connectivity index (χ4n) is 2.28. The van der Waals surface area contributed by atoms with E-state index in [0.29, 0.717) is 23.5 Å². The fourth-order valence-corrected chi connectivity index (χ4v) is 4.04. The standard InChI is InChI=1S/C18H27O6P/c1-6-9-15(19)18(25(20,23-7-2)24-8-3)13-14-10-11-16(21-4)17(12-14)22-5/h10-13H,6-9H2,1-5H3. The van der Waals surface area contributed by atoms with Gasteiger partial charge in [0.1, 0.15) is 5.31 Å². The molecule has 0 spiro atoms. The van der Waals surface area contributed by atoms with Crippen LogP contribution in [0.2, 0.25) is 0 Å². The molecular weight excluding hydrogens is 343 g/mol.